The Kier molecular flexibility index (Phi) is 7.06. The highest BCUT2D eigenvalue weighted by atomic mass is 19.1. The molecule has 0 bridgehead atoms. The molecule has 1 aliphatic heterocycles. The van der Waals surface area contributed by atoms with Gasteiger partial charge in [-0.25, -0.2) is 18.9 Å². The van der Waals surface area contributed by atoms with Gasteiger partial charge in [0.1, 0.15) is 23.1 Å². The van der Waals surface area contributed by atoms with E-state index in [4.69, 9.17) is 15.9 Å². The van der Waals surface area contributed by atoms with Crippen LogP contribution in [0.1, 0.15) is 23.7 Å². The van der Waals surface area contributed by atoms with Crippen LogP contribution in [0.15, 0.2) is 60.9 Å². The molecule has 0 saturated carbocycles. The van der Waals surface area contributed by atoms with Gasteiger partial charge in [-0.2, -0.15) is 10.2 Å². The number of hydrogen-bond donors (Lipinski definition) is 2. The van der Waals surface area contributed by atoms with Crippen LogP contribution in [-0.4, -0.2) is 72.9 Å². The van der Waals surface area contributed by atoms with Gasteiger partial charge in [0.15, 0.2) is 11.5 Å². The molecule has 0 unspecified atom stereocenters. The molecule has 210 valence electrons. The van der Waals surface area contributed by atoms with Crippen LogP contribution >= 0.6 is 0 Å². The number of hydrogen-bond acceptors (Lipinski definition) is 8. The van der Waals surface area contributed by atoms with Crippen LogP contribution < -0.4 is 16.0 Å². The Balaban J connectivity index is 1.38. The minimum absolute atomic E-state index is 0.259. The first kappa shape index (κ1) is 26.4. The minimum atomic E-state index is -0.349. The van der Waals surface area contributed by atoms with Gasteiger partial charge in [-0.05, 0) is 61.5 Å². The van der Waals surface area contributed by atoms with E-state index in [0.717, 1.165) is 56.1 Å². The average Bonchev–Trinajstić information content (AvgIpc) is 3.53. The average molecular weight is 555 g/mol. The maximum atomic E-state index is 13.8. The summed E-state index contributed by atoms with van der Waals surface area (Å²) < 4.78 is 17.3. The molecular weight excluding hydrogens is 523 g/mol. The molecule has 3 N–H and O–H groups in total. The van der Waals surface area contributed by atoms with E-state index in [1.54, 1.807) is 28.9 Å². The van der Waals surface area contributed by atoms with Gasteiger partial charge >= 0.3 is 0 Å². The lowest BCUT2D eigenvalue weighted by Gasteiger charge is -2.36. The largest absolute Gasteiger partial charge is 0.384 e. The van der Waals surface area contributed by atoms with Crippen LogP contribution in [-0.2, 0) is 7.05 Å². The summed E-state index contributed by atoms with van der Waals surface area (Å²) in [4.78, 5) is 26.0. The van der Waals surface area contributed by atoms with Crippen LogP contribution in [0.2, 0.25) is 0 Å². The summed E-state index contributed by atoms with van der Waals surface area (Å²) in [6.45, 7) is 6.93. The summed E-state index contributed by atoms with van der Waals surface area (Å²) in [5.41, 5.74) is 9.73. The number of carbonyl (C=O) groups excluding carboxylic acids is 1. The molecule has 6 rings (SSSR count). The molecule has 0 aliphatic carbocycles. The Hall–Kier alpha value is -4.84. The van der Waals surface area contributed by atoms with Gasteiger partial charge in [-0.1, -0.05) is 6.92 Å². The van der Waals surface area contributed by atoms with Gasteiger partial charge in [-0.3, -0.25) is 14.4 Å². The first-order valence-corrected chi connectivity index (χ1v) is 13.6. The highest BCUT2D eigenvalue weighted by Crippen LogP contribution is 2.39. The molecule has 1 aromatic carbocycles. The van der Waals surface area contributed by atoms with Gasteiger partial charge in [-0.15, -0.1) is 0 Å². The van der Waals surface area contributed by atoms with Crippen molar-refractivity contribution in [3.8, 4) is 22.5 Å². The van der Waals surface area contributed by atoms with Crippen LogP contribution in [0.5, 0.6) is 0 Å². The predicted octanol–water partition coefficient (Wildman–Crippen LogP) is 3.70. The SMILES string of the molecule is CCCN1CCN(c2c(-c3ccc4nc(NC(=O)c5ccnc(N)c5)cn4n3)c(-c3ccc(F)cc3)nn2C)CC1. The first-order valence-electron chi connectivity index (χ1n) is 13.6. The van der Waals surface area contributed by atoms with Crippen molar-refractivity contribution >= 4 is 29.0 Å². The Morgan fingerprint density at radius 2 is 1.83 bits per heavy atom. The van der Waals surface area contributed by atoms with E-state index in [1.165, 1.54) is 24.4 Å². The number of anilines is 3. The highest BCUT2D eigenvalue weighted by Gasteiger charge is 2.27. The topological polar surface area (TPSA) is 122 Å². The highest BCUT2D eigenvalue weighted by molar-refractivity contribution is 6.04. The molecule has 1 fully saturated rings. The van der Waals surface area contributed by atoms with Crippen LogP contribution in [0.25, 0.3) is 28.2 Å². The summed E-state index contributed by atoms with van der Waals surface area (Å²) in [5.74, 6) is 0.914. The van der Waals surface area contributed by atoms with Crippen molar-refractivity contribution in [3.05, 3.63) is 72.3 Å². The summed E-state index contributed by atoms with van der Waals surface area (Å²) in [5, 5.41) is 12.6. The molecule has 1 amide bonds. The quantitative estimate of drug-likeness (QED) is 0.312. The fraction of sp³-hybridized carbons (Fsp3) is 0.276. The summed E-state index contributed by atoms with van der Waals surface area (Å²) >= 11 is 0. The van der Waals surface area contributed by atoms with Gasteiger partial charge in [0.25, 0.3) is 5.91 Å². The van der Waals surface area contributed by atoms with Crippen LogP contribution in [0, 0.1) is 5.82 Å². The zero-order chi connectivity index (χ0) is 28.5. The first-order chi connectivity index (χ1) is 19.9. The monoisotopic (exact) mass is 554 g/mol. The Morgan fingerprint density at radius 3 is 2.56 bits per heavy atom. The fourth-order valence-corrected chi connectivity index (χ4v) is 5.28. The van der Waals surface area contributed by atoms with E-state index >= 15 is 0 Å². The van der Waals surface area contributed by atoms with Crippen molar-refractivity contribution in [3.63, 3.8) is 0 Å². The van der Waals surface area contributed by atoms with E-state index in [2.05, 4.69) is 32.0 Å². The van der Waals surface area contributed by atoms with Crippen molar-refractivity contribution in [2.75, 3.05) is 48.7 Å². The predicted molar refractivity (Wildman–Crippen MR) is 156 cm³/mol. The number of carbonyl (C=O) groups is 1. The summed E-state index contributed by atoms with van der Waals surface area (Å²) in [6.07, 6.45) is 4.27. The number of pyridine rings is 1. The van der Waals surface area contributed by atoms with E-state index in [-0.39, 0.29) is 17.5 Å². The maximum Gasteiger partial charge on any atom is 0.257 e. The number of fused-ring (bicyclic) bond motifs is 1. The van der Waals surface area contributed by atoms with E-state index in [1.807, 2.05) is 23.9 Å². The number of imidazole rings is 1. The molecule has 1 saturated heterocycles. The molecular formula is C29H31FN10O. The van der Waals surface area contributed by atoms with Crippen molar-refractivity contribution in [2.24, 2.45) is 7.05 Å². The van der Waals surface area contributed by atoms with E-state index in [9.17, 15) is 9.18 Å². The lowest BCUT2D eigenvalue weighted by atomic mass is 10.0. The number of nitrogens with two attached hydrogens (primary N) is 1. The number of piperazine rings is 1. The Bertz CT molecular complexity index is 1700. The number of rotatable bonds is 7. The third-order valence-electron chi connectivity index (χ3n) is 7.21. The van der Waals surface area contributed by atoms with E-state index in [0.29, 0.717) is 28.4 Å². The zero-order valence-electron chi connectivity index (χ0n) is 23.0. The van der Waals surface area contributed by atoms with Crippen LogP contribution in [0.3, 0.4) is 0 Å². The molecule has 5 aromatic rings. The van der Waals surface area contributed by atoms with E-state index < -0.39 is 0 Å². The molecule has 12 heteroatoms. The minimum Gasteiger partial charge on any atom is -0.384 e. The molecule has 0 atom stereocenters. The summed E-state index contributed by atoms with van der Waals surface area (Å²) in [6, 6.07) is 13.2. The number of aromatic nitrogens is 6. The number of halogens is 1. The second-order valence-electron chi connectivity index (χ2n) is 10.1. The van der Waals surface area contributed by atoms with Gasteiger partial charge in [0, 0.05) is 50.6 Å². The molecule has 41 heavy (non-hydrogen) atoms. The second kappa shape index (κ2) is 11.0. The number of nitrogens with one attached hydrogen (secondary N) is 1. The fourth-order valence-electron chi connectivity index (χ4n) is 5.28. The molecule has 1 aliphatic rings. The number of amides is 1. The van der Waals surface area contributed by atoms with Crippen LogP contribution in [0.4, 0.5) is 21.8 Å². The van der Waals surface area contributed by atoms with Gasteiger partial charge in [0.05, 0.1) is 17.5 Å². The van der Waals surface area contributed by atoms with Gasteiger partial charge in [0.2, 0.25) is 0 Å². The van der Waals surface area contributed by atoms with Crippen molar-refractivity contribution in [1.29, 1.82) is 0 Å². The molecule has 11 nitrogen and oxygen atoms in total. The molecule has 4 aromatic heterocycles. The lowest BCUT2D eigenvalue weighted by molar-refractivity contribution is 0.102. The van der Waals surface area contributed by atoms with Crippen molar-refractivity contribution < 1.29 is 9.18 Å². The number of aryl methyl sites for hydroxylation is 1. The smallest absolute Gasteiger partial charge is 0.257 e. The molecule has 0 spiro atoms. The maximum absolute atomic E-state index is 13.8. The summed E-state index contributed by atoms with van der Waals surface area (Å²) in [7, 11) is 1.93. The molecule has 5 heterocycles. The standard InChI is InChI=1S/C29H31FN10O/c1-3-12-38-13-15-39(16-14-38)29-26(27(36-37(29)2)19-4-6-21(30)7-5-19)22-8-9-25-33-24(18-40(25)35-22)34-28(41)20-10-11-32-23(31)17-20/h4-11,17-18H,3,12-16H2,1-2H3,(H2,31,32)(H,34,41). The zero-order valence-corrected chi connectivity index (χ0v) is 23.0. The Morgan fingerprint density at radius 1 is 1.05 bits per heavy atom. The Labute approximate surface area is 236 Å². The third-order valence-corrected chi connectivity index (χ3v) is 7.21. The van der Waals surface area contributed by atoms with Crippen molar-refractivity contribution in [2.45, 2.75) is 13.3 Å². The number of benzene rings is 1. The lowest BCUT2D eigenvalue weighted by Crippen LogP contribution is -2.47. The second-order valence-corrected chi connectivity index (χ2v) is 10.1. The van der Waals surface area contributed by atoms with Crippen molar-refractivity contribution in [1.82, 2.24) is 34.3 Å². The number of nitrogens with zero attached hydrogens (tertiary/aromatic N) is 8. The molecule has 0 radical (unpaired) electrons. The normalized spacial score (nSPS) is 14.1. The number of nitrogen functional groups attached to an aromatic ring is 1. The third kappa shape index (κ3) is 5.33. The van der Waals surface area contributed by atoms with Gasteiger partial charge < -0.3 is 16.0 Å².